The molecule has 1 saturated heterocycles. The van der Waals surface area contributed by atoms with Crippen molar-refractivity contribution in [1.29, 1.82) is 0 Å². The Bertz CT molecular complexity index is 240. The van der Waals surface area contributed by atoms with E-state index in [1.165, 1.54) is 6.42 Å². The van der Waals surface area contributed by atoms with E-state index in [2.05, 4.69) is 0 Å². The average Bonchev–Trinajstić information content (AvgIpc) is 2.55. The van der Waals surface area contributed by atoms with Crippen molar-refractivity contribution in [2.24, 2.45) is 11.3 Å². The Morgan fingerprint density at radius 3 is 2.64 bits per heavy atom. The summed E-state index contributed by atoms with van der Waals surface area (Å²) in [6, 6.07) is 0. The van der Waals surface area contributed by atoms with Crippen LogP contribution in [0.5, 0.6) is 0 Å². The van der Waals surface area contributed by atoms with Gasteiger partial charge in [-0.1, -0.05) is 6.42 Å². The number of hydrogen-bond donors (Lipinski definition) is 1. The lowest BCUT2D eigenvalue weighted by Crippen LogP contribution is -2.39. The molecule has 0 aromatic carbocycles. The maximum Gasteiger partial charge on any atom is 0.237 e. The lowest BCUT2D eigenvalue weighted by Gasteiger charge is -2.42. The number of likely N-dealkylation sites (tertiary alicyclic amines) is 1. The van der Waals surface area contributed by atoms with Crippen LogP contribution in [0.25, 0.3) is 0 Å². The summed E-state index contributed by atoms with van der Waals surface area (Å²) in [7, 11) is 0. The molecule has 1 amide bonds. The molecule has 14 heavy (non-hydrogen) atoms. The average molecular weight is 218 g/mol. The molecule has 0 aromatic heterocycles. The van der Waals surface area contributed by atoms with E-state index >= 15 is 0 Å². The van der Waals surface area contributed by atoms with Crippen molar-refractivity contribution in [2.45, 2.75) is 19.3 Å². The van der Waals surface area contributed by atoms with Gasteiger partial charge >= 0.3 is 0 Å². The number of halogens is 1. The van der Waals surface area contributed by atoms with Gasteiger partial charge in [-0.3, -0.25) is 4.79 Å². The Labute approximate surface area is 89.0 Å². The van der Waals surface area contributed by atoms with Crippen molar-refractivity contribution in [3.63, 3.8) is 0 Å². The third-order valence-corrected chi connectivity index (χ3v) is 4.08. The molecule has 1 spiro atoms. The number of carbonyl (C=O) groups excluding carboxylic acids is 1. The number of amides is 1. The molecule has 2 rings (SSSR count). The Balaban J connectivity index is 2.04. The lowest BCUT2D eigenvalue weighted by atomic mass is 9.63. The molecule has 80 valence electrons. The van der Waals surface area contributed by atoms with E-state index in [0.29, 0.717) is 6.54 Å². The highest BCUT2D eigenvalue weighted by Gasteiger charge is 2.50. The first kappa shape index (κ1) is 10.2. The number of nitrogens with zero attached hydrogens (tertiary/aromatic N) is 1. The van der Waals surface area contributed by atoms with E-state index in [1.807, 2.05) is 4.90 Å². The lowest BCUT2D eigenvalue weighted by molar-refractivity contribution is -0.128. The molecular formula is C10H16ClNO2. The van der Waals surface area contributed by atoms with Crippen molar-refractivity contribution in [1.82, 2.24) is 4.90 Å². The van der Waals surface area contributed by atoms with Crippen LogP contribution in [-0.4, -0.2) is 41.5 Å². The van der Waals surface area contributed by atoms with Gasteiger partial charge in [0.1, 0.15) is 5.88 Å². The van der Waals surface area contributed by atoms with Crippen LogP contribution in [0.2, 0.25) is 0 Å². The van der Waals surface area contributed by atoms with E-state index in [1.54, 1.807) is 0 Å². The highest BCUT2D eigenvalue weighted by Crippen LogP contribution is 2.51. The summed E-state index contributed by atoms with van der Waals surface area (Å²) in [6.07, 6.45) is 3.55. The van der Waals surface area contributed by atoms with Gasteiger partial charge in [0, 0.05) is 25.6 Å². The summed E-state index contributed by atoms with van der Waals surface area (Å²) in [5, 5.41) is 9.27. The molecule has 0 aromatic rings. The molecule has 2 aliphatic rings. The monoisotopic (exact) mass is 217 g/mol. The summed E-state index contributed by atoms with van der Waals surface area (Å²) in [6.45, 7) is 1.71. The topological polar surface area (TPSA) is 40.5 Å². The van der Waals surface area contributed by atoms with Crippen LogP contribution in [0.1, 0.15) is 19.3 Å². The fraction of sp³-hybridized carbons (Fsp3) is 0.900. The second kappa shape index (κ2) is 3.70. The number of carbonyl (C=O) groups is 1. The van der Waals surface area contributed by atoms with Gasteiger partial charge in [0.25, 0.3) is 0 Å². The number of aliphatic hydroxyl groups excluding tert-OH is 1. The van der Waals surface area contributed by atoms with E-state index in [9.17, 15) is 9.90 Å². The van der Waals surface area contributed by atoms with Crippen molar-refractivity contribution in [2.75, 3.05) is 25.6 Å². The molecule has 1 heterocycles. The molecule has 1 unspecified atom stereocenters. The second-order valence-corrected chi connectivity index (χ2v) is 4.77. The predicted octanol–water partition coefficient (Wildman–Crippen LogP) is 0.846. The molecule has 1 atom stereocenters. The summed E-state index contributed by atoms with van der Waals surface area (Å²) in [5.74, 6) is 0.353. The molecule has 2 fully saturated rings. The minimum absolute atomic E-state index is 0.00823. The highest BCUT2D eigenvalue weighted by atomic mass is 35.5. The van der Waals surface area contributed by atoms with Crippen LogP contribution in [-0.2, 0) is 4.79 Å². The largest absolute Gasteiger partial charge is 0.396 e. The van der Waals surface area contributed by atoms with Gasteiger partial charge in [-0.25, -0.2) is 0 Å². The third kappa shape index (κ3) is 1.43. The zero-order valence-electron chi connectivity index (χ0n) is 8.21. The van der Waals surface area contributed by atoms with Gasteiger partial charge < -0.3 is 10.0 Å². The van der Waals surface area contributed by atoms with Crippen LogP contribution in [0.15, 0.2) is 0 Å². The molecule has 1 aliphatic heterocycles. The summed E-state index contributed by atoms with van der Waals surface area (Å²) in [4.78, 5) is 13.2. The van der Waals surface area contributed by atoms with Crippen LogP contribution < -0.4 is 0 Å². The van der Waals surface area contributed by atoms with E-state index < -0.39 is 0 Å². The smallest absolute Gasteiger partial charge is 0.237 e. The van der Waals surface area contributed by atoms with Crippen molar-refractivity contribution < 1.29 is 9.90 Å². The molecule has 1 saturated carbocycles. The SMILES string of the molecule is O=C(CCl)N1CC(CO)C2(CCC2)C1. The minimum Gasteiger partial charge on any atom is -0.396 e. The Morgan fingerprint density at radius 2 is 2.29 bits per heavy atom. The Morgan fingerprint density at radius 1 is 1.57 bits per heavy atom. The first-order valence-electron chi connectivity index (χ1n) is 5.16. The zero-order valence-corrected chi connectivity index (χ0v) is 8.96. The number of alkyl halides is 1. The zero-order chi connectivity index (χ0) is 10.2. The molecule has 3 nitrogen and oxygen atoms in total. The molecule has 0 radical (unpaired) electrons. The first-order chi connectivity index (χ1) is 6.72. The Hall–Kier alpha value is -0.280. The first-order valence-corrected chi connectivity index (χ1v) is 5.70. The Kier molecular flexibility index (Phi) is 2.71. The fourth-order valence-corrected chi connectivity index (χ4v) is 2.93. The molecule has 4 heteroatoms. The van der Waals surface area contributed by atoms with Crippen LogP contribution >= 0.6 is 11.6 Å². The maximum atomic E-state index is 11.4. The summed E-state index contributed by atoms with van der Waals surface area (Å²) < 4.78 is 0. The van der Waals surface area contributed by atoms with Crippen molar-refractivity contribution in [3.05, 3.63) is 0 Å². The number of hydrogen-bond acceptors (Lipinski definition) is 2. The number of rotatable bonds is 2. The van der Waals surface area contributed by atoms with Crippen molar-refractivity contribution in [3.8, 4) is 0 Å². The minimum atomic E-state index is 0.00823. The summed E-state index contributed by atoms with van der Waals surface area (Å²) in [5.41, 5.74) is 0.233. The fourth-order valence-electron chi connectivity index (χ4n) is 2.76. The predicted molar refractivity (Wildman–Crippen MR) is 54.2 cm³/mol. The second-order valence-electron chi connectivity index (χ2n) is 4.50. The van der Waals surface area contributed by atoms with Gasteiger partial charge in [-0.2, -0.15) is 0 Å². The normalized spacial score (nSPS) is 29.3. The van der Waals surface area contributed by atoms with Gasteiger partial charge in [0.15, 0.2) is 0 Å². The maximum absolute atomic E-state index is 11.4. The number of aliphatic hydroxyl groups is 1. The molecule has 1 aliphatic carbocycles. The van der Waals surface area contributed by atoms with Crippen LogP contribution in [0.3, 0.4) is 0 Å². The van der Waals surface area contributed by atoms with Gasteiger partial charge in [-0.05, 0) is 18.3 Å². The molecular weight excluding hydrogens is 202 g/mol. The van der Waals surface area contributed by atoms with Gasteiger partial charge in [0.05, 0.1) is 0 Å². The third-order valence-electron chi connectivity index (χ3n) is 3.85. The van der Waals surface area contributed by atoms with Gasteiger partial charge in [0.2, 0.25) is 5.91 Å². The van der Waals surface area contributed by atoms with E-state index in [0.717, 1.165) is 19.4 Å². The van der Waals surface area contributed by atoms with Crippen molar-refractivity contribution >= 4 is 17.5 Å². The van der Waals surface area contributed by atoms with Crippen LogP contribution in [0.4, 0.5) is 0 Å². The quantitative estimate of drug-likeness (QED) is 0.697. The summed E-state index contributed by atoms with van der Waals surface area (Å²) >= 11 is 5.52. The van der Waals surface area contributed by atoms with E-state index in [-0.39, 0.29) is 29.7 Å². The van der Waals surface area contributed by atoms with Crippen LogP contribution in [0, 0.1) is 11.3 Å². The molecule has 1 N–H and O–H groups in total. The molecule has 0 bridgehead atoms. The van der Waals surface area contributed by atoms with Gasteiger partial charge in [-0.15, -0.1) is 11.6 Å². The standard InChI is InChI=1S/C10H16ClNO2/c11-4-9(14)12-5-8(6-13)10(7-12)2-1-3-10/h8,13H,1-7H2. The highest BCUT2D eigenvalue weighted by molar-refractivity contribution is 6.27. The van der Waals surface area contributed by atoms with E-state index in [4.69, 9.17) is 11.6 Å².